The number of halogens is 1. The molecule has 2 fully saturated rings. The second kappa shape index (κ2) is 16.6. The predicted molar refractivity (Wildman–Crippen MR) is 210 cm³/mol. The van der Waals surface area contributed by atoms with Gasteiger partial charge in [0.05, 0.1) is 45.5 Å². The molecule has 14 heteroatoms. The molecule has 0 spiro atoms. The van der Waals surface area contributed by atoms with Gasteiger partial charge in [-0.25, -0.2) is 14.4 Å². The highest BCUT2D eigenvalue weighted by Gasteiger charge is 2.18. The number of rotatable bonds is 8. The van der Waals surface area contributed by atoms with Gasteiger partial charge < -0.3 is 34.5 Å². The highest BCUT2D eigenvalue weighted by molar-refractivity contribution is 5.67. The Bertz CT molecular complexity index is 2440. The number of piperazine rings is 1. The van der Waals surface area contributed by atoms with E-state index in [9.17, 15) is 14.0 Å². The highest BCUT2D eigenvalue weighted by Crippen LogP contribution is 2.35. The van der Waals surface area contributed by atoms with Gasteiger partial charge in [0.2, 0.25) is 0 Å². The van der Waals surface area contributed by atoms with Crippen molar-refractivity contribution in [2.45, 2.75) is 18.8 Å². The van der Waals surface area contributed by atoms with E-state index in [4.69, 9.17) is 18.9 Å². The smallest absolute Gasteiger partial charge is 0.258 e. The Labute approximate surface area is 317 Å². The largest absolute Gasteiger partial charge is 0.493 e. The number of fused-ring (bicyclic) bond motifs is 2. The van der Waals surface area contributed by atoms with Gasteiger partial charge in [0.15, 0.2) is 28.8 Å². The van der Waals surface area contributed by atoms with Gasteiger partial charge in [-0.05, 0) is 85.9 Å². The summed E-state index contributed by atoms with van der Waals surface area (Å²) in [6, 6.07) is 19.2. The first-order valence-corrected chi connectivity index (χ1v) is 18.2. The van der Waals surface area contributed by atoms with Crippen LogP contribution in [0, 0.1) is 5.82 Å². The number of nitrogens with one attached hydrogen (secondary N) is 2. The fourth-order valence-electron chi connectivity index (χ4n) is 7.07. The number of anilines is 1. The molecule has 0 atom stereocenters. The van der Waals surface area contributed by atoms with Crippen LogP contribution in [-0.2, 0) is 0 Å². The topological polar surface area (TPSA) is 133 Å². The van der Waals surface area contributed by atoms with Crippen LogP contribution in [0.2, 0.25) is 0 Å². The van der Waals surface area contributed by atoms with Crippen molar-refractivity contribution < 1.29 is 23.3 Å². The Hall–Kier alpha value is -5.99. The standard InChI is InChI=1S/C21H23N3O3.C20H21FN4O3/c1-26-18-5-3-15(11-19(18)27-2)17-12-21(25)24-13-16(4-6-20(24)23-17)14-7-9-22-10-8-14;1-27-17-10-13(9-15(21)20(17)28-2)16-11-19(26)25-12-14(3-4-18(25)23-16)24-7-5-22-6-8-24/h3-6,11-14,22H,7-10H2,1-2H3;3-4,9-12,22H,5-8H2,1-2H3. The summed E-state index contributed by atoms with van der Waals surface area (Å²) >= 11 is 0. The number of hydrogen-bond acceptors (Lipinski definition) is 11. The van der Waals surface area contributed by atoms with Crippen molar-refractivity contribution in [1.82, 2.24) is 29.4 Å². The Kier molecular flexibility index (Phi) is 11.2. The third-order valence-corrected chi connectivity index (χ3v) is 10.0. The number of ether oxygens (including phenoxy) is 4. The molecule has 2 aromatic carbocycles. The third kappa shape index (κ3) is 7.96. The number of pyridine rings is 2. The van der Waals surface area contributed by atoms with E-state index in [1.54, 1.807) is 43.0 Å². The summed E-state index contributed by atoms with van der Waals surface area (Å²) < 4.78 is 38.3. The van der Waals surface area contributed by atoms with Crippen LogP contribution >= 0.6 is 0 Å². The first-order chi connectivity index (χ1) is 26.8. The number of aromatic nitrogens is 4. The lowest BCUT2D eigenvalue weighted by Crippen LogP contribution is -2.43. The van der Waals surface area contributed by atoms with E-state index in [-0.39, 0.29) is 22.6 Å². The van der Waals surface area contributed by atoms with Gasteiger partial charge in [-0.2, -0.15) is 0 Å². The molecule has 0 bridgehead atoms. The van der Waals surface area contributed by atoms with Crippen LogP contribution in [0.5, 0.6) is 23.0 Å². The molecule has 0 saturated carbocycles. The molecule has 2 aliphatic rings. The monoisotopic (exact) mass is 749 g/mol. The number of methoxy groups -OCH3 is 4. The van der Waals surface area contributed by atoms with E-state index in [2.05, 4.69) is 31.6 Å². The first-order valence-electron chi connectivity index (χ1n) is 18.2. The second-order valence-electron chi connectivity index (χ2n) is 13.3. The molecule has 0 amide bonds. The van der Waals surface area contributed by atoms with Gasteiger partial charge in [-0.1, -0.05) is 6.07 Å². The molecular formula is C41H44FN7O6. The second-order valence-corrected chi connectivity index (χ2v) is 13.3. The number of hydrogen-bond donors (Lipinski definition) is 2. The van der Waals surface area contributed by atoms with Crippen molar-refractivity contribution in [2.75, 3.05) is 72.6 Å². The van der Waals surface area contributed by atoms with Gasteiger partial charge >= 0.3 is 0 Å². The van der Waals surface area contributed by atoms with Crippen molar-refractivity contribution >= 4 is 17.0 Å². The molecule has 0 radical (unpaired) electrons. The number of piperidine rings is 1. The van der Waals surface area contributed by atoms with Crippen molar-refractivity contribution in [1.29, 1.82) is 0 Å². The summed E-state index contributed by atoms with van der Waals surface area (Å²) in [6.45, 7) is 5.64. The maximum absolute atomic E-state index is 14.3. The minimum Gasteiger partial charge on any atom is -0.493 e. The van der Waals surface area contributed by atoms with E-state index in [1.807, 2.05) is 36.5 Å². The van der Waals surface area contributed by atoms with Crippen molar-refractivity contribution in [3.05, 3.63) is 111 Å². The maximum atomic E-state index is 14.3. The normalized spacial score (nSPS) is 14.7. The van der Waals surface area contributed by atoms with Crippen molar-refractivity contribution in [2.24, 2.45) is 0 Å². The summed E-state index contributed by atoms with van der Waals surface area (Å²) in [5.41, 5.74) is 5.26. The Morgan fingerprint density at radius 3 is 1.89 bits per heavy atom. The van der Waals surface area contributed by atoms with E-state index in [1.165, 1.54) is 36.3 Å². The van der Waals surface area contributed by atoms with Crippen LogP contribution in [0.15, 0.2) is 88.7 Å². The lowest BCUT2D eigenvalue weighted by atomic mass is 9.91. The van der Waals surface area contributed by atoms with Gasteiger partial charge in [0.25, 0.3) is 11.1 Å². The van der Waals surface area contributed by atoms with E-state index < -0.39 is 5.82 Å². The summed E-state index contributed by atoms with van der Waals surface area (Å²) in [5, 5.41) is 6.68. The zero-order valence-corrected chi connectivity index (χ0v) is 31.3. The molecule has 2 N–H and O–H groups in total. The molecule has 8 rings (SSSR count). The molecule has 0 aliphatic carbocycles. The van der Waals surface area contributed by atoms with Gasteiger partial charge in [-0.15, -0.1) is 0 Å². The quantitative estimate of drug-likeness (QED) is 0.223. The SMILES string of the molecule is COc1cc(-c2cc(=O)n3cc(N4CCNCC4)ccc3n2)cc(F)c1OC.COc1ccc(-c2cc(=O)n3cc(C4CCNCC4)ccc3n2)cc1OC. The molecule has 0 unspecified atom stereocenters. The van der Waals surface area contributed by atoms with Crippen molar-refractivity contribution in [3.63, 3.8) is 0 Å². The lowest BCUT2D eigenvalue weighted by molar-refractivity contribution is 0.338. The van der Waals surface area contributed by atoms with Crippen LogP contribution in [0.1, 0.15) is 24.3 Å². The fraction of sp³-hybridized carbons (Fsp3) is 0.317. The molecule has 2 aliphatic heterocycles. The minimum atomic E-state index is -0.576. The van der Waals surface area contributed by atoms with Gasteiger partial charge in [-0.3, -0.25) is 18.4 Å². The van der Waals surface area contributed by atoms with Crippen LogP contribution in [0.4, 0.5) is 10.1 Å². The molecule has 286 valence electrons. The molecule has 55 heavy (non-hydrogen) atoms. The molecule has 2 saturated heterocycles. The lowest BCUT2D eigenvalue weighted by Gasteiger charge is -2.29. The zero-order chi connectivity index (χ0) is 38.5. The average molecular weight is 750 g/mol. The minimum absolute atomic E-state index is 0.0180. The number of nitrogens with zero attached hydrogens (tertiary/aromatic N) is 5. The first kappa shape index (κ1) is 37.3. The molecule has 4 aromatic heterocycles. The van der Waals surface area contributed by atoms with Gasteiger partial charge in [0.1, 0.15) is 11.3 Å². The zero-order valence-electron chi connectivity index (χ0n) is 31.3. The van der Waals surface area contributed by atoms with E-state index in [0.717, 1.165) is 63.4 Å². The fourth-order valence-corrected chi connectivity index (χ4v) is 7.07. The summed E-state index contributed by atoms with van der Waals surface area (Å²) in [5.74, 6) is 1.43. The highest BCUT2D eigenvalue weighted by atomic mass is 19.1. The Morgan fingerprint density at radius 2 is 1.24 bits per heavy atom. The van der Waals surface area contributed by atoms with Gasteiger partial charge in [0, 0.05) is 61.8 Å². The summed E-state index contributed by atoms with van der Waals surface area (Å²) in [6.07, 6.45) is 5.93. The van der Waals surface area contributed by atoms with E-state index >= 15 is 0 Å². The van der Waals surface area contributed by atoms with Crippen LogP contribution in [0.25, 0.3) is 33.8 Å². The summed E-state index contributed by atoms with van der Waals surface area (Å²) in [4.78, 5) is 36.9. The predicted octanol–water partition coefficient (Wildman–Crippen LogP) is 4.77. The molecular weight excluding hydrogens is 705 g/mol. The molecule has 6 heterocycles. The Morgan fingerprint density at radius 1 is 0.636 bits per heavy atom. The Balaban J connectivity index is 0.000000169. The molecule has 6 aromatic rings. The summed E-state index contributed by atoms with van der Waals surface area (Å²) in [7, 11) is 5.99. The number of benzene rings is 2. The third-order valence-electron chi connectivity index (χ3n) is 10.0. The van der Waals surface area contributed by atoms with Crippen molar-refractivity contribution in [3.8, 4) is 45.5 Å². The van der Waals surface area contributed by atoms with Crippen LogP contribution in [0.3, 0.4) is 0 Å². The van der Waals surface area contributed by atoms with Crippen LogP contribution < -0.4 is 45.6 Å². The maximum Gasteiger partial charge on any atom is 0.258 e. The molecule has 13 nitrogen and oxygen atoms in total. The average Bonchev–Trinajstić information content (AvgIpc) is 3.23. The van der Waals surface area contributed by atoms with E-state index in [0.29, 0.717) is 45.7 Å². The van der Waals surface area contributed by atoms with Crippen LogP contribution in [-0.4, -0.2) is 86.5 Å².